The summed E-state index contributed by atoms with van der Waals surface area (Å²) in [6, 6.07) is 6.85. The van der Waals surface area contributed by atoms with Crippen molar-refractivity contribution in [3.05, 3.63) is 39.8 Å². The first-order valence-corrected chi connectivity index (χ1v) is 6.03. The van der Waals surface area contributed by atoms with E-state index in [-0.39, 0.29) is 0 Å². The molecule has 78 valence electrons. The number of allylic oxidation sites excluding steroid dienone is 1. The van der Waals surface area contributed by atoms with Crippen molar-refractivity contribution in [2.75, 3.05) is 0 Å². The van der Waals surface area contributed by atoms with Crippen molar-refractivity contribution in [1.29, 1.82) is 0 Å². The first-order chi connectivity index (χ1) is 7.06. The molecule has 15 heavy (non-hydrogen) atoms. The summed E-state index contributed by atoms with van der Waals surface area (Å²) in [5.41, 5.74) is 4.07. The van der Waals surface area contributed by atoms with Crippen LogP contribution in [0.4, 0.5) is 0 Å². The molecular weight excluding hydrogens is 200 g/mol. The van der Waals surface area contributed by atoms with Gasteiger partial charge in [0.1, 0.15) is 0 Å². The Morgan fingerprint density at radius 2 is 1.87 bits per heavy atom. The molecule has 1 heterocycles. The fourth-order valence-corrected chi connectivity index (χ4v) is 2.77. The van der Waals surface area contributed by atoms with E-state index < -0.39 is 0 Å². The number of aryl methyl sites for hydroxylation is 2. The zero-order valence-corrected chi connectivity index (χ0v) is 10.5. The van der Waals surface area contributed by atoms with E-state index in [2.05, 4.69) is 52.0 Å². The van der Waals surface area contributed by atoms with Gasteiger partial charge in [0.15, 0.2) is 0 Å². The molecule has 0 atom stereocenters. The van der Waals surface area contributed by atoms with E-state index in [0.29, 0.717) is 0 Å². The van der Waals surface area contributed by atoms with Crippen LogP contribution in [0.1, 0.15) is 29.9 Å². The largest absolute Gasteiger partial charge is 0.141 e. The Balaban J connectivity index is 2.66. The second-order valence-corrected chi connectivity index (χ2v) is 5.61. The monoisotopic (exact) mass is 216 g/mol. The van der Waals surface area contributed by atoms with Crippen LogP contribution in [-0.2, 0) is 0 Å². The standard InChI is InChI=1S/C14H16S/c1-9(2)5-12-8-14-13(6-10(12)3)7-11(4)15-14/h5-8H,1-4H3. The molecule has 0 radical (unpaired) electrons. The number of fused-ring (bicyclic) bond motifs is 1. The molecule has 0 saturated heterocycles. The molecule has 0 bridgehead atoms. The molecule has 0 aliphatic rings. The van der Waals surface area contributed by atoms with Crippen molar-refractivity contribution in [1.82, 2.24) is 0 Å². The minimum Gasteiger partial charge on any atom is -0.141 e. The van der Waals surface area contributed by atoms with Crippen molar-refractivity contribution in [2.24, 2.45) is 0 Å². The van der Waals surface area contributed by atoms with E-state index in [9.17, 15) is 0 Å². The quantitative estimate of drug-likeness (QED) is 0.633. The molecule has 0 fully saturated rings. The van der Waals surface area contributed by atoms with E-state index in [0.717, 1.165) is 0 Å². The Kier molecular flexibility index (Phi) is 2.66. The van der Waals surface area contributed by atoms with Crippen LogP contribution in [0.3, 0.4) is 0 Å². The zero-order valence-electron chi connectivity index (χ0n) is 9.72. The van der Waals surface area contributed by atoms with E-state index in [1.165, 1.54) is 31.7 Å². The predicted octanol–water partition coefficient (Wildman–Crippen LogP) is 4.94. The smallest absolute Gasteiger partial charge is 0.0351 e. The van der Waals surface area contributed by atoms with E-state index in [4.69, 9.17) is 0 Å². The summed E-state index contributed by atoms with van der Waals surface area (Å²) in [6.07, 6.45) is 2.25. The molecule has 0 saturated carbocycles. The van der Waals surface area contributed by atoms with Crippen LogP contribution in [0.2, 0.25) is 0 Å². The number of hydrogen-bond acceptors (Lipinski definition) is 1. The summed E-state index contributed by atoms with van der Waals surface area (Å²) in [5, 5.41) is 1.38. The Morgan fingerprint density at radius 3 is 2.53 bits per heavy atom. The highest BCUT2D eigenvalue weighted by atomic mass is 32.1. The molecular formula is C14H16S. The molecule has 0 unspecified atom stereocenters. The van der Waals surface area contributed by atoms with Gasteiger partial charge in [-0.2, -0.15) is 0 Å². The fourth-order valence-electron chi connectivity index (χ4n) is 1.82. The second kappa shape index (κ2) is 3.82. The van der Waals surface area contributed by atoms with Gasteiger partial charge in [-0.1, -0.05) is 11.6 Å². The lowest BCUT2D eigenvalue weighted by Crippen LogP contribution is -1.80. The Labute approximate surface area is 95.3 Å². The maximum atomic E-state index is 2.30. The average Bonchev–Trinajstić information content (AvgIpc) is 2.44. The van der Waals surface area contributed by atoms with Gasteiger partial charge >= 0.3 is 0 Å². The first kappa shape index (κ1) is 10.4. The van der Waals surface area contributed by atoms with Crippen LogP contribution >= 0.6 is 11.3 Å². The first-order valence-electron chi connectivity index (χ1n) is 5.22. The van der Waals surface area contributed by atoms with E-state index >= 15 is 0 Å². The lowest BCUT2D eigenvalue weighted by atomic mass is 10.0. The maximum Gasteiger partial charge on any atom is 0.0351 e. The SMILES string of the molecule is CC(C)=Cc1cc2sc(C)cc2cc1C. The van der Waals surface area contributed by atoms with Crippen LogP contribution in [0.5, 0.6) is 0 Å². The summed E-state index contributed by atoms with van der Waals surface area (Å²) in [6.45, 7) is 8.63. The van der Waals surface area contributed by atoms with E-state index in [1.54, 1.807) is 0 Å². The molecule has 0 aliphatic carbocycles. The van der Waals surface area contributed by atoms with Gasteiger partial charge in [-0.25, -0.2) is 0 Å². The maximum absolute atomic E-state index is 2.30. The van der Waals surface area contributed by atoms with Gasteiger partial charge in [-0.3, -0.25) is 0 Å². The van der Waals surface area contributed by atoms with Gasteiger partial charge in [0.05, 0.1) is 0 Å². The summed E-state index contributed by atoms with van der Waals surface area (Å²) >= 11 is 1.87. The fraction of sp³-hybridized carbons (Fsp3) is 0.286. The number of benzene rings is 1. The summed E-state index contributed by atoms with van der Waals surface area (Å²) in [7, 11) is 0. The third kappa shape index (κ3) is 2.13. The van der Waals surface area contributed by atoms with Gasteiger partial charge < -0.3 is 0 Å². The second-order valence-electron chi connectivity index (χ2n) is 4.33. The molecule has 0 amide bonds. The predicted molar refractivity (Wildman–Crippen MR) is 70.6 cm³/mol. The summed E-state index contributed by atoms with van der Waals surface area (Å²) < 4.78 is 1.39. The summed E-state index contributed by atoms with van der Waals surface area (Å²) in [4.78, 5) is 1.39. The van der Waals surface area contributed by atoms with E-state index in [1.807, 2.05) is 11.3 Å². The van der Waals surface area contributed by atoms with Crippen molar-refractivity contribution >= 4 is 27.5 Å². The topological polar surface area (TPSA) is 0 Å². The molecule has 1 heteroatoms. The lowest BCUT2D eigenvalue weighted by Gasteiger charge is -2.01. The average molecular weight is 216 g/mol. The van der Waals surface area contributed by atoms with Crippen LogP contribution < -0.4 is 0 Å². The van der Waals surface area contributed by atoms with Crippen molar-refractivity contribution in [3.8, 4) is 0 Å². The van der Waals surface area contributed by atoms with Crippen molar-refractivity contribution < 1.29 is 0 Å². The molecule has 2 rings (SSSR count). The van der Waals surface area contributed by atoms with Crippen molar-refractivity contribution in [2.45, 2.75) is 27.7 Å². The molecule has 1 aromatic heterocycles. The van der Waals surface area contributed by atoms with Crippen LogP contribution in [0, 0.1) is 13.8 Å². The minimum absolute atomic E-state index is 1.35. The Hall–Kier alpha value is -1.08. The van der Waals surface area contributed by atoms with Gasteiger partial charge in [0.2, 0.25) is 0 Å². The van der Waals surface area contributed by atoms with Crippen LogP contribution in [0.15, 0.2) is 23.8 Å². The molecule has 0 spiro atoms. The normalized spacial score (nSPS) is 10.7. The minimum atomic E-state index is 1.35. The highest BCUT2D eigenvalue weighted by Gasteiger charge is 2.02. The zero-order chi connectivity index (χ0) is 11.0. The highest BCUT2D eigenvalue weighted by molar-refractivity contribution is 7.19. The number of thiophene rings is 1. The van der Waals surface area contributed by atoms with Gasteiger partial charge in [-0.15, -0.1) is 11.3 Å². The lowest BCUT2D eigenvalue weighted by molar-refractivity contribution is 1.40. The third-order valence-corrected chi connectivity index (χ3v) is 3.49. The Bertz CT molecular complexity index is 526. The number of rotatable bonds is 1. The van der Waals surface area contributed by atoms with Gasteiger partial charge in [0, 0.05) is 9.58 Å². The van der Waals surface area contributed by atoms with Crippen LogP contribution in [-0.4, -0.2) is 0 Å². The molecule has 0 N–H and O–H groups in total. The van der Waals surface area contributed by atoms with Crippen LogP contribution in [0.25, 0.3) is 16.2 Å². The van der Waals surface area contributed by atoms with Crippen molar-refractivity contribution in [3.63, 3.8) is 0 Å². The molecule has 2 aromatic rings. The molecule has 0 nitrogen and oxygen atoms in total. The third-order valence-electron chi connectivity index (χ3n) is 2.47. The van der Waals surface area contributed by atoms with Gasteiger partial charge in [-0.05, 0) is 62.4 Å². The summed E-state index contributed by atoms with van der Waals surface area (Å²) in [5.74, 6) is 0. The number of hydrogen-bond donors (Lipinski definition) is 0. The van der Waals surface area contributed by atoms with Gasteiger partial charge in [0.25, 0.3) is 0 Å². The molecule has 1 aromatic carbocycles. The Morgan fingerprint density at radius 1 is 1.13 bits per heavy atom. The highest BCUT2D eigenvalue weighted by Crippen LogP contribution is 2.28. The molecule has 0 aliphatic heterocycles.